The molecule has 0 fully saturated rings. The van der Waals surface area contributed by atoms with E-state index < -0.39 is 0 Å². The highest BCUT2D eigenvalue weighted by molar-refractivity contribution is 6.42. The summed E-state index contributed by atoms with van der Waals surface area (Å²) in [5.41, 5.74) is 2.34. The Morgan fingerprint density at radius 1 is 1.17 bits per heavy atom. The quantitative estimate of drug-likeness (QED) is 0.758. The number of ketones is 1. The molecule has 0 saturated carbocycles. The minimum absolute atomic E-state index is 0.0669. The van der Waals surface area contributed by atoms with Gasteiger partial charge in [-0.1, -0.05) is 48.7 Å². The Bertz CT molecular complexity index is 515. The molecule has 0 aromatic heterocycles. The maximum Gasteiger partial charge on any atom is 0.156 e. The first-order valence-corrected chi connectivity index (χ1v) is 6.77. The summed E-state index contributed by atoms with van der Waals surface area (Å²) >= 11 is 11.9. The summed E-state index contributed by atoms with van der Waals surface area (Å²) in [6, 6.07) is 5.63. The molecule has 0 atom stereocenters. The van der Waals surface area contributed by atoms with E-state index in [-0.39, 0.29) is 11.2 Å². The molecule has 0 aliphatic heterocycles. The fraction of sp³-hybridized carbons (Fsp3) is 0.400. The van der Waals surface area contributed by atoms with E-state index in [1.807, 2.05) is 12.1 Å². The Hall–Kier alpha value is -0.790. The summed E-state index contributed by atoms with van der Waals surface area (Å²) in [5.74, 6) is 0.223. The van der Waals surface area contributed by atoms with Crippen molar-refractivity contribution in [2.75, 3.05) is 0 Å². The van der Waals surface area contributed by atoms with E-state index in [1.54, 1.807) is 12.1 Å². The SMILES string of the molecule is CC1(C)CC(=O)C=C(Cc2ccc(Cl)c(Cl)c2)C1. The summed E-state index contributed by atoms with van der Waals surface area (Å²) < 4.78 is 0. The van der Waals surface area contributed by atoms with E-state index in [1.165, 1.54) is 5.57 Å². The monoisotopic (exact) mass is 282 g/mol. The van der Waals surface area contributed by atoms with Crippen molar-refractivity contribution < 1.29 is 4.79 Å². The van der Waals surface area contributed by atoms with E-state index in [2.05, 4.69) is 13.8 Å². The molecule has 0 heterocycles. The van der Waals surface area contributed by atoms with Crippen molar-refractivity contribution in [3.8, 4) is 0 Å². The molecule has 2 rings (SSSR count). The van der Waals surface area contributed by atoms with Crippen molar-refractivity contribution in [3.05, 3.63) is 45.5 Å². The predicted octanol–water partition coefficient (Wildman–Crippen LogP) is 4.85. The number of halogens is 2. The molecule has 96 valence electrons. The molecule has 1 aromatic carbocycles. The maximum absolute atomic E-state index is 11.7. The van der Waals surface area contributed by atoms with Gasteiger partial charge in [-0.05, 0) is 42.0 Å². The van der Waals surface area contributed by atoms with E-state index >= 15 is 0 Å². The minimum Gasteiger partial charge on any atom is -0.295 e. The van der Waals surface area contributed by atoms with Gasteiger partial charge in [-0.3, -0.25) is 4.79 Å². The van der Waals surface area contributed by atoms with Crippen LogP contribution in [0.3, 0.4) is 0 Å². The van der Waals surface area contributed by atoms with Crippen LogP contribution in [0.2, 0.25) is 10.0 Å². The van der Waals surface area contributed by atoms with Gasteiger partial charge in [0.15, 0.2) is 5.78 Å². The number of carbonyl (C=O) groups excluding carboxylic acids is 1. The van der Waals surface area contributed by atoms with Gasteiger partial charge in [-0.15, -0.1) is 0 Å². The third kappa shape index (κ3) is 3.37. The lowest BCUT2D eigenvalue weighted by Crippen LogP contribution is -2.22. The third-order valence-corrected chi connectivity index (χ3v) is 3.88. The van der Waals surface area contributed by atoms with Crippen LogP contribution in [0.5, 0.6) is 0 Å². The Labute approximate surface area is 118 Å². The zero-order valence-electron chi connectivity index (χ0n) is 10.6. The molecule has 0 saturated heterocycles. The van der Waals surface area contributed by atoms with Gasteiger partial charge in [0.05, 0.1) is 10.0 Å². The normalized spacial score (nSPS) is 18.7. The summed E-state index contributed by atoms with van der Waals surface area (Å²) in [5, 5.41) is 1.13. The van der Waals surface area contributed by atoms with Crippen LogP contribution in [0.1, 0.15) is 32.3 Å². The highest BCUT2D eigenvalue weighted by Gasteiger charge is 2.27. The first kappa shape index (κ1) is 13.6. The summed E-state index contributed by atoms with van der Waals surface area (Å²) in [7, 11) is 0. The first-order valence-electron chi connectivity index (χ1n) is 6.02. The van der Waals surface area contributed by atoms with E-state index in [0.717, 1.165) is 18.4 Å². The minimum atomic E-state index is 0.0669. The van der Waals surface area contributed by atoms with Gasteiger partial charge in [0.2, 0.25) is 0 Å². The molecule has 18 heavy (non-hydrogen) atoms. The van der Waals surface area contributed by atoms with Crippen LogP contribution >= 0.6 is 23.2 Å². The van der Waals surface area contributed by atoms with E-state index in [0.29, 0.717) is 16.5 Å². The number of hydrogen-bond acceptors (Lipinski definition) is 1. The summed E-state index contributed by atoms with van der Waals surface area (Å²) in [6.45, 7) is 4.26. The Balaban J connectivity index is 2.18. The maximum atomic E-state index is 11.7. The van der Waals surface area contributed by atoms with Crippen molar-refractivity contribution in [1.29, 1.82) is 0 Å². The van der Waals surface area contributed by atoms with Crippen molar-refractivity contribution >= 4 is 29.0 Å². The molecule has 1 aliphatic rings. The Kier molecular flexibility index (Phi) is 3.84. The molecule has 1 nitrogen and oxygen atoms in total. The summed E-state index contributed by atoms with van der Waals surface area (Å²) in [6.07, 6.45) is 4.15. The van der Waals surface area contributed by atoms with Gasteiger partial charge < -0.3 is 0 Å². The second-order valence-corrected chi connectivity index (χ2v) is 6.53. The Morgan fingerprint density at radius 2 is 1.89 bits per heavy atom. The lowest BCUT2D eigenvalue weighted by molar-refractivity contribution is -0.117. The molecule has 0 bridgehead atoms. The average Bonchev–Trinajstić information content (AvgIpc) is 2.20. The van der Waals surface area contributed by atoms with Gasteiger partial charge in [0.25, 0.3) is 0 Å². The number of carbonyl (C=O) groups is 1. The Morgan fingerprint density at radius 3 is 2.50 bits per heavy atom. The predicted molar refractivity (Wildman–Crippen MR) is 76.3 cm³/mol. The molecule has 0 radical (unpaired) electrons. The second-order valence-electron chi connectivity index (χ2n) is 5.71. The number of hydrogen-bond donors (Lipinski definition) is 0. The van der Waals surface area contributed by atoms with Crippen molar-refractivity contribution in [3.63, 3.8) is 0 Å². The van der Waals surface area contributed by atoms with E-state index in [9.17, 15) is 4.79 Å². The van der Waals surface area contributed by atoms with Crippen molar-refractivity contribution in [1.82, 2.24) is 0 Å². The zero-order chi connectivity index (χ0) is 13.3. The smallest absolute Gasteiger partial charge is 0.156 e. The first-order chi connectivity index (χ1) is 8.35. The number of benzene rings is 1. The fourth-order valence-electron chi connectivity index (χ4n) is 2.50. The zero-order valence-corrected chi connectivity index (χ0v) is 12.1. The number of allylic oxidation sites excluding steroid dienone is 2. The van der Waals surface area contributed by atoms with Gasteiger partial charge in [-0.2, -0.15) is 0 Å². The highest BCUT2D eigenvalue weighted by Crippen LogP contribution is 2.35. The van der Waals surface area contributed by atoms with E-state index in [4.69, 9.17) is 23.2 Å². The summed E-state index contributed by atoms with van der Waals surface area (Å²) in [4.78, 5) is 11.7. The van der Waals surface area contributed by atoms with Gasteiger partial charge >= 0.3 is 0 Å². The van der Waals surface area contributed by atoms with Gasteiger partial charge in [-0.25, -0.2) is 0 Å². The molecule has 0 amide bonds. The molecule has 3 heteroatoms. The lowest BCUT2D eigenvalue weighted by Gasteiger charge is -2.28. The van der Waals surface area contributed by atoms with Crippen LogP contribution in [0.25, 0.3) is 0 Å². The molecule has 0 unspecified atom stereocenters. The van der Waals surface area contributed by atoms with Gasteiger partial charge in [0, 0.05) is 6.42 Å². The van der Waals surface area contributed by atoms with Crippen LogP contribution in [-0.2, 0) is 11.2 Å². The molecule has 0 spiro atoms. The van der Waals surface area contributed by atoms with Crippen molar-refractivity contribution in [2.24, 2.45) is 5.41 Å². The van der Waals surface area contributed by atoms with Crippen LogP contribution in [0.15, 0.2) is 29.8 Å². The molecule has 1 aromatic rings. The second kappa shape index (κ2) is 5.07. The largest absolute Gasteiger partial charge is 0.295 e. The number of rotatable bonds is 2. The van der Waals surface area contributed by atoms with Crippen LogP contribution in [-0.4, -0.2) is 5.78 Å². The van der Waals surface area contributed by atoms with Gasteiger partial charge in [0.1, 0.15) is 0 Å². The molecular weight excluding hydrogens is 267 g/mol. The van der Waals surface area contributed by atoms with Crippen molar-refractivity contribution in [2.45, 2.75) is 33.1 Å². The van der Waals surface area contributed by atoms with Crippen LogP contribution < -0.4 is 0 Å². The fourth-order valence-corrected chi connectivity index (χ4v) is 2.82. The van der Waals surface area contributed by atoms with Crippen LogP contribution in [0, 0.1) is 5.41 Å². The standard InChI is InChI=1S/C15H16Cl2O/c1-15(2)8-11(6-12(18)9-15)5-10-3-4-13(16)14(17)7-10/h3-4,6-7H,5,8-9H2,1-2H3. The lowest BCUT2D eigenvalue weighted by atomic mass is 9.75. The molecular formula is C15H16Cl2O. The highest BCUT2D eigenvalue weighted by atomic mass is 35.5. The molecule has 0 N–H and O–H groups in total. The van der Waals surface area contributed by atoms with Crippen LogP contribution in [0.4, 0.5) is 0 Å². The topological polar surface area (TPSA) is 17.1 Å². The third-order valence-electron chi connectivity index (χ3n) is 3.14. The average molecular weight is 283 g/mol. The molecule has 1 aliphatic carbocycles.